The average Bonchev–Trinajstić information content (AvgIpc) is 2.89. The van der Waals surface area contributed by atoms with Crippen LogP contribution in [0, 0.1) is 0 Å². The van der Waals surface area contributed by atoms with Gasteiger partial charge in [-0.2, -0.15) is 0 Å². The van der Waals surface area contributed by atoms with Crippen molar-refractivity contribution in [3.8, 4) is 11.5 Å². The van der Waals surface area contributed by atoms with E-state index in [1.807, 2.05) is 19.1 Å². The minimum Gasteiger partial charge on any atom is -0.493 e. The standard InChI is InChI=1S/C14H16N2O4/c1-3-16-8-10(15-13(16)14(17)18)9-20-12-7-5-4-6-11(12)19-2/h4-8H,3,9H2,1-2H3,(H,17,18). The van der Waals surface area contributed by atoms with Gasteiger partial charge in [0.05, 0.1) is 12.8 Å². The lowest BCUT2D eigenvalue weighted by Gasteiger charge is -2.08. The summed E-state index contributed by atoms with van der Waals surface area (Å²) in [5.74, 6) is 0.195. The SMILES string of the molecule is CCn1cc(COc2ccccc2OC)nc1C(=O)O. The zero-order valence-corrected chi connectivity index (χ0v) is 11.4. The van der Waals surface area contributed by atoms with E-state index in [4.69, 9.17) is 14.6 Å². The quantitative estimate of drug-likeness (QED) is 0.875. The fraction of sp³-hybridized carbons (Fsp3) is 0.286. The number of nitrogens with zero attached hydrogens (tertiary/aromatic N) is 2. The molecule has 1 aromatic carbocycles. The first-order chi connectivity index (χ1) is 9.65. The van der Waals surface area contributed by atoms with Gasteiger partial charge in [0.2, 0.25) is 5.82 Å². The number of rotatable bonds is 6. The van der Waals surface area contributed by atoms with Crippen molar-refractivity contribution >= 4 is 5.97 Å². The zero-order valence-electron chi connectivity index (χ0n) is 11.4. The number of imidazole rings is 1. The topological polar surface area (TPSA) is 73.6 Å². The Kier molecular flexibility index (Phi) is 4.24. The molecule has 1 N–H and O–H groups in total. The van der Waals surface area contributed by atoms with Gasteiger partial charge in [-0.25, -0.2) is 9.78 Å². The van der Waals surface area contributed by atoms with Crippen molar-refractivity contribution in [1.29, 1.82) is 0 Å². The molecule has 0 amide bonds. The summed E-state index contributed by atoms with van der Waals surface area (Å²) in [5, 5.41) is 9.03. The molecule has 0 fully saturated rings. The van der Waals surface area contributed by atoms with E-state index >= 15 is 0 Å². The summed E-state index contributed by atoms with van der Waals surface area (Å²) in [5.41, 5.74) is 0.565. The number of carbonyl (C=O) groups is 1. The van der Waals surface area contributed by atoms with E-state index in [9.17, 15) is 4.79 Å². The Morgan fingerprint density at radius 1 is 1.35 bits per heavy atom. The van der Waals surface area contributed by atoms with Gasteiger partial charge >= 0.3 is 5.97 Å². The number of carboxylic acid groups (broad SMARTS) is 1. The first kappa shape index (κ1) is 13.9. The normalized spacial score (nSPS) is 10.3. The first-order valence-corrected chi connectivity index (χ1v) is 6.20. The van der Waals surface area contributed by atoms with E-state index < -0.39 is 5.97 Å². The lowest BCUT2D eigenvalue weighted by atomic mass is 10.3. The highest BCUT2D eigenvalue weighted by Crippen LogP contribution is 2.26. The van der Waals surface area contributed by atoms with Crippen LogP contribution >= 0.6 is 0 Å². The van der Waals surface area contributed by atoms with Crippen LogP contribution in [0.15, 0.2) is 30.5 Å². The Morgan fingerprint density at radius 2 is 2.05 bits per heavy atom. The van der Waals surface area contributed by atoms with Crippen LogP contribution in [0.1, 0.15) is 23.2 Å². The molecular formula is C14H16N2O4. The third-order valence-electron chi connectivity index (χ3n) is 2.80. The summed E-state index contributed by atoms with van der Waals surface area (Å²) < 4.78 is 12.4. The van der Waals surface area contributed by atoms with Crippen LogP contribution in [0.2, 0.25) is 0 Å². The average molecular weight is 276 g/mol. The van der Waals surface area contributed by atoms with Crippen LogP contribution in [-0.2, 0) is 13.2 Å². The van der Waals surface area contributed by atoms with Crippen molar-refractivity contribution in [2.24, 2.45) is 0 Å². The minimum atomic E-state index is -1.05. The number of aromatic carboxylic acids is 1. The highest BCUT2D eigenvalue weighted by molar-refractivity contribution is 5.83. The second-order valence-corrected chi connectivity index (χ2v) is 4.09. The number of aromatic nitrogens is 2. The molecular weight excluding hydrogens is 260 g/mol. The van der Waals surface area contributed by atoms with Crippen LogP contribution in [-0.4, -0.2) is 27.7 Å². The number of benzene rings is 1. The molecule has 1 aromatic heterocycles. The first-order valence-electron chi connectivity index (χ1n) is 6.20. The number of methoxy groups -OCH3 is 1. The molecule has 0 aliphatic rings. The Balaban J connectivity index is 2.13. The van der Waals surface area contributed by atoms with E-state index in [0.717, 1.165) is 0 Å². The summed E-state index contributed by atoms with van der Waals surface area (Å²) in [6.07, 6.45) is 1.68. The number of hydrogen-bond donors (Lipinski definition) is 1. The number of aryl methyl sites for hydroxylation is 1. The summed E-state index contributed by atoms with van der Waals surface area (Å²) in [7, 11) is 1.57. The Labute approximate surface area is 116 Å². The van der Waals surface area contributed by atoms with Gasteiger partial charge in [-0.3, -0.25) is 0 Å². The Bertz CT molecular complexity index is 607. The maximum Gasteiger partial charge on any atom is 0.372 e. The second kappa shape index (κ2) is 6.10. The summed E-state index contributed by atoms with van der Waals surface area (Å²) >= 11 is 0. The maximum absolute atomic E-state index is 11.0. The van der Waals surface area contributed by atoms with Gasteiger partial charge in [-0.15, -0.1) is 0 Å². The Hall–Kier alpha value is -2.50. The smallest absolute Gasteiger partial charge is 0.372 e. The molecule has 0 unspecified atom stereocenters. The molecule has 106 valence electrons. The molecule has 2 aromatic rings. The van der Waals surface area contributed by atoms with Gasteiger partial charge in [0, 0.05) is 12.7 Å². The van der Waals surface area contributed by atoms with Crippen LogP contribution in [0.4, 0.5) is 0 Å². The van der Waals surface area contributed by atoms with Crippen molar-refractivity contribution in [2.75, 3.05) is 7.11 Å². The number of para-hydroxylation sites is 2. The molecule has 2 rings (SSSR count). The number of hydrogen-bond acceptors (Lipinski definition) is 4. The molecule has 6 heteroatoms. The summed E-state index contributed by atoms with van der Waals surface area (Å²) in [6, 6.07) is 7.27. The number of ether oxygens (including phenoxy) is 2. The van der Waals surface area contributed by atoms with Crippen LogP contribution < -0.4 is 9.47 Å². The highest BCUT2D eigenvalue weighted by atomic mass is 16.5. The molecule has 0 saturated carbocycles. The van der Waals surface area contributed by atoms with E-state index in [0.29, 0.717) is 23.7 Å². The van der Waals surface area contributed by atoms with Crippen LogP contribution in [0.3, 0.4) is 0 Å². The van der Waals surface area contributed by atoms with Gasteiger partial charge in [-0.05, 0) is 19.1 Å². The van der Waals surface area contributed by atoms with Crippen LogP contribution in [0.25, 0.3) is 0 Å². The zero-order chi connectivity index (χ0) is 14.5. The second-order valence-electron chi connectivity index (χ2n) is 4.09. The van der Waals surface area contributed by atoms with Crippen molar-refractivity contribution in [3.05, 3.63) is 42.0 Å². The van der Waals surface area contributed by atoms with Gasteiger partial charge < -0.3 is 19.1 Å². The molecule has 1 heterocycles. The molecule has 0 atom stereocenters. The third-order valence-corrected chi connectivity index (χ3v) is 2.80. The van der Waals surface area contributed by atoms with Crippen LogP contribution in [0.5, 0.6) is 11.5 Å². The fourth-order valence-corrected chi connectivity index (χ4v) is 1.84. The predicted octanol–water partition coefficient (Wildman–Crippen LogP) is 2.19. The molecule has 0 spiro atoms. The maximum atomic E-state index is 11.0. The van der Waals surface area contributed by atoms with Crippen molar-refractivity contribution in [1.82, 2.24) is 9.55 Å². The molecule has 20 heavy (non-hydrogen) atoms. The van der Waals surface area contributed by atoms with Gasteiger partial charge in [0.15, 0.2) is 11.5 Å². The molecule has 0 bridgehead atoms. The van der Waals surface area contributed by atoms with E-state index in [1.165, 1.54) is 0 Å². The Morgan fingerprint density at radius 3 is 2.60 bits per heavy atom. The number of carboxylic acids is 1. The largest absolute Gasteiger partial charge is 0.493 e. The highest BCUT2D eigenvalue weighted by Gasteiger charge is 2.14. The molecule has 0 saturated heterocycles. The van der Waals surface area contributed by atoms with Crippen molar-refractivity contribution < 1.29 is 19.4 Å². The summed E-state index contributed by atoms with van der Waals surface area (Å²) in [6.45, 7) is 2.59. The third kappa shape index (κ3) is 2.90. The monoisotopic (exact) mass is 276 g/mol. The lowest BCUT2D eigenvalue weighted by Crippen LogP contribution is -2.07. The molecule has 0 aliphatic carbocycles. The van der Waals surface area contributed by atoms with Gasteiger partial charge in [-0.1, -0.05) is 12.1 Å². The minimum absolute atomic E-state index is 0.0196. The molecule has 6 nitrogen and oxygen atoms in total. The van der Waals surface area contributed by atoms with Gasteiger partial charge in [0.25, 0.3) is 0 Å². The van der Waals surface area contributed by atoms with Crippen molar-refractivity contribution in [2.45, 2.75) is 20.1 Å². The van der Waals surface area contributed by atoms with Crippen molar-refractivity contribution in [3.63, 3.8) is 0 Å². The van der Waals surface area contributed by atoms with E-state index in [1.54, 1.807) is 30.0 Å². The fourth-order valence-electron chi connectivity index (χ4n) is 1.84. The summed E-state index contributed by atoms with van der Waals surface area (Å²) in [4.78, 5) is 15.1. The predicted molar refractivity (Wildman–Crippen MR) is 72.2 cm³/mol. The van der Waals surface area contributed by atoms with E-state index in [-0.39, 0.29) is 12.4 Å². The molecule has 0 radical (unpaired) electrons. The van der Waals surface area contributed by atoms with Gasteiger partial charge in [0.1, 0.15) is 6.61 Å². The van der Waals surface area contributed by atoms with E-state index in [2.05, 4.69) is 4.98 Å². The lowest BCUT2D eigenvalue weighted by molar-refractivity contribution is 0.0678. The molecule has 0 aliphatic heterocycles.